The summed E-state index contributed by atoms with van der Waals surface area (Å²) in [6.07, 6.45) is 2.07. The van der Waals surface area contributed by atoms with Gasteiger partial charge in [0.25, 0.3) is 0 Å². The van der Waals surface area contributed by atoms with Crippen molar-refractivity contribution in [3.05, 3.63) is 34.9 Å². The van der Waals surface area contributed by atoms with E-state index in [2.05, 4.69) is 23.2 Å². The summed E-state index contributed by atoms with van der Waals surface area (Å²) >= 11 is 0. The van der Waals surface area contributed by atoms with E-state index in [-0.39, 0.29) is 24.4 Å². The Morgan fingerprint density at radius 3 is 2.69 bits per heavy atom. The quantitative estimate of drug-likeness (QED) is 0.773. The van der Waals surface area contributed by atoms with Crippen molar-refractivity contribution in [3.63, 3.8) is 0 Å². The normalized spacial score (nSPS) is 20.5. The van der Waals surface area contributed by atoms with E-state index in [0.717, 1.165) is 24.0 Å². The first-order chi connectivity index (χ1) is 12.5. The third-order valence-electron chi connectivity index (χ3n) is 5.19. The number of hydrogen-bond donors (Lipinski definition) is 0. The van der Waals surface area contributed by atoms with Gasteiger partial charge in [-0.3, -0.25) is 4.79 Å². The van der Waals surface area contributed by atoms with Crippen LogP contribution in [0.15, 0.2) is 23.2 Å². The fourth-order valence-electron chi connectivity index (χ4n) is 3.51. The molecule has 0 spiro atoms. The first-order valence-corrected chi connectivity index (χ1v) is 9.10. The third kappa shape index (κ3) is 4.06. The van der Waals surface area contributed by atoms with Crippen LogP contribution < -0.4 is 0 Å². The van der Waals surface area contributed by atoms with Gasteiger partial charge < -0.3 is 14.4 Å². The number of esters is 1. The highest BCUT2D eigenvalue weighted by molar-refractivity contribution is 5.87. The van der Waals surface area contributed by atoms with Gasteiger partial charge in [-0.15, -0.1) is 0 Å². The molecule has 0 bridgehead atoms. The van der Waals surface area contributed by atoms with Crippen molar-refractivity contribution in [2.24, 2.45) is 10.9 Å². The number of ether oxygens (including phenoxy) is 2. The molecule has 3 rings (SSSR count). The Morgan fingerprint density at radius 1 is 1.27 bits per heavy atom. The molecule has 0 N–H and O–H groups in total. The lowest BCUT2D eigenvalue weighted by atomic mass is 9.95. The van der Waals surface area contributed by atoms with Gasteiger partial charge in [0.05, 0.1) is 13.5 Å². The fraction of sp³-hybridized carbons (Fsp3) is 0.550. The van der Waals surface area contributed by atoms with Crippen LogP contribution in [0, 0.1) is 19.8 Å². The van der Waals surface area contributed by atoms with Crippen molar-refractivity contribution in [1.29, 1.82) is 0 Å². The molecule has 1 atom stereocenters. The van der Waals surface area contributed by atoms with E-state index in [1.807, 2.05) is 18.7 Å². The number of piperidine rings is 1. The average molecular weight is 358 g/mol. The first kappa shape index (κ1) is 18.4. The standard InChI is InChI=1S/C20H26N2O4/c1-13-4-5-14(2)16(10-13)11-18(23)22-8-6-15(7-9-22)19-21-17(12-26-19)20(24)25-3/h4-5,10,15,17H,6-9,11-12H2,1-3H3. The van der Waals surface area contributed by atoms with Gasteiger partial charge in [-0.2, -0.15) is 0 Å². The zero-order chi connectivity index (χ0) is 18.7. The maximum absolute atomic E-state index is 12.6. The Bertz CT molecular complexity index is 721. The van der Waals surface area contributed by atoms with Crippen molar-refractivity contribution in [3.8, 4) is 0 Å². The lowest BCUT2D eigenvalue weighted by molar-refractivity contribution is -0.142. The highest BCUT2D eigenvalue weighted by Crippen LogP contribution is 2.24. The van der Waals surface area contributed by atoms with Gasteiger partial charge in [0.1, 0.15) is 6.61 Å². The number of rotatable bonds is 4. The summed E-state index contributed by atoms with van der Waals surface area (Å²) in [4.78, 5) is 30.5. The average Bonchev–Trinajstić information content (AvgIpc) is 3.14. The van der Waals surface area contributed by atoms with E-state index in [4.69, 9.17) is 9.47 Å². The molecule has 2 heterocycles. The summed E-state index contributed by atoms with van der Waals surface area (Å²) in [5, 5.41) is 0. The van der Waals surface area contributed by atoms with Gasteiger partial charge in [-0.05, 0) is 37.8 Å². The van der Waals surface area contributed by atoms with Crippen molar-refractivity contribution in [2.45, 2.75) is 39.2 Å². The summed E-state index contributed by atoms with van der Waals surface area (Å²) in [6.45, 7) is 5.73. The number of methoxy groups -OCH3 is 1. The molecule has 140 valence electrons. The zero-order valence-electron chi connectivity index (χ0n) is 15.7. The molecular weight excluding hydrogens is 332 g/mol. The summed E-state index contributed by atoms with van der Waals surface area (Å²) < 4.78 is 10.3. The van der Waals surface area contributed by atoms with Crippen molar-refractivity contribution in [1.82, 2.24) is 4.90 Å². The smallest absolute Gasteiger partial charge is 0.334 e. The summed E-state index contributed by atoms with van der Waals surface area (Å²) in [6, 6.07) is 5.68. The highest BCUT2D eigenvalue weighted by atomic mass is 16.5. The fourth-order valence-corrected chi connectivity index (χ4v) is 3.51. The number of amides is 1. The highest BCUT2D eigenvalue weighted by Gasteiger charge is 2.33. The zero-order valence-corrected chi connectivity index (χ0v) is 15.7. The summed E-state index contributed by atoms with van der Waals surface area (Å²) in [5.41, 5.74) is 3.43. The molecule has 0 radical (unpaired) electrons. The first-order valence-electron chi connectivity index (χ1n) is 9.10. The molecule has 1 aromatic rings. The Hall–Kier alpha value is -2.37. The number of aliphatic imine (C=N–C) groups is 1. The lowest BCUT2D eigenvalue weighted by Gasteiger charge is -2.31. The van der Waals surface area contributed by atoms with Gasteiger partial charge in [0, 0.05) is 19.0 Å². The summed E-state index contributed by atoms with van der Waals surface area (Å²) in [7, 11) is 1.36. The second-order valence-corrected chi connectivity index (χ2v) is 7.08. The lowest BCUT2D eigenvalue weighted by Crippen LogP contribution is -2.41. The second-order valence-electron chi connectivity index (χ2n) is 7.08. The van der Waals surface area contributed by atoms with Crippen LogP contribution >= 0.6 is 0 Å². The van der Waals surface area contributed by atoms with Crippen molar-refractivity contribution < 1.29 is 19.1 Å². The number of nitrogens with zero attached hydrogens (tertiary/aromatic N) is 2. The minimum Gasteiger partial charge on any atom is -0.478 e. The molecule has 0 aromatic heterocycles. The van der Waals surface area contributed by atoms with Crippen molar-refractivity contribution >= 4 is 17.8 Å². The molecular formula is C20H26N2O4. The van der Waals surface area contributed by atoms with Crippen LogP contribution in [0.1, 0.15) is 29.5 Å². The molecule has 6 heteroatoms. The molecule has 1 aromatic carbocycles. The van der Waals surface area contributed by atoms with Crippen LogP contribution in [0.5, 0.6) is 0 Å². The van der Waals surface area contributed by atoms with E-state index in [1.54, 1.807) is 0 Å². The summed E-state index contributed by atoms with van der Waals surface area (Å²) in [5.74, 6) is 0.622. The number of likely N-dealkylation sites (tertiary alicyclic amines) is 1. The number of carbonyl (C=O) groups excluding carboxylic acids is 2. The molecule has 1 unspecified atom stereocenters. The van der Waals surface area contributed by atoms with Gasteiger partial charge >= 0.3 is 5.97 Å². The van der Waals surface area contributed by atoms with E-state index >= 15 is 0 Å². The number of carbonyl (C=O) groups is 2. The molecule has 26 heavy (non-hydrogen) atoms. The van der Waals surface area contributed by atoms with Crippen LogP contribution in [0.25, 0.3) is 0 Å². The molecule has 6 nitrogen and oxygen atoms in total. The molecule has 1 fully saturated rings. The van der Waals surface area contributed by atoms with Gasteiger partial charge in [-0.25, -0.2) is 9.79 Å². The van der Waals surface area contributed by atoms with Crippen molar-refractivity contribution in [2.75, 3.05) is 26.8 Å². The minimum atomic E-state index is -0.543. The predicted molar refractivity (Wildman–Crippen MR) is 98.1 cm³/mol. The van der Waals surface area contributed by atoms with E-state index in [0.29, 0.717) is 25.4 Å². The van der Waals surface area contributed by atoms with Crippen LogP contribution in [0.3, 0.4) is 0 Å². The third-order valence-corrected chi connectivity index (χ3v) is 5.19. The molecule has 1 amide bonds. The Labute approximate surface area is 154 Å². The number of aryl methyl sites for hydroxylation is 2. The molecule has 0 saturated carbocycles. The van der Waals surface area contributed by atoms with Crippen LogP contribution in [-0.2, 0) is 25.5 Å². The topological polar surface area (TPSA) is 68.2 Å². The molecule has 0 aliphatic carbocycles. The number of benzene rings is 1. The molecule has 2 aliphatic heterocycles. The van der Waals surface area contributed by atoms with Crippen LogP contribution in [0.4, 0.5) is 0 Å². The molecule has 1 saturated heterocycles. The SMILES string of the molecule is COC(=O)C1COC(C2CCN(C(=O)Cc3cc(C)ccc3C)CC2)=N1. The monoisotopic (exact) mass is 358 g/mol. The largest absolute Gasteiger partial charge is 0.478 e. The minimum absolute atomic E-state index is 0.166. The maximum Gasteiger partial charge on any atom is 0.334 e. The van der Waals surface area contributed by atoms with Crippen LogP contribution in [0.2, 0.25) is 0 Å². The Kier molecular flexibility index (Phi) is 5.59. The number of hydrogen-bond acceptors (Lipinski definition) is 5. The van der Waals surface area contributed by atoms with Crippen LogP contribution in [-0.4, -0.2) is 55.5 Å². The Morgan fingerprint density at radius 2 is 2.00 bits per heavy atom. The van der Waals surface area contributed by atoms with E-state index in [9.17, 15) is 9.59 Å². The van der Waals surface area contributed by atoms with Gasteiger partial charge in [0.2, 0.25) is 5.91 Å². The maximum atomic E-state index is 12.6. The van der Waals surface area contributed by atoms with Gasteiger partial charge in [-0.1, -0.05) is 23.8 Å². The van der Waals surface area contributed by atoms with E-state index < -0.39 is 6.04 Å². The second kappa shape index (κ2) is 7.89. The predicted octanol–water partition coefficient (Wildman–Crippen LogP) is 2.05. The molecule has 2 aliphatic rings. The van der Waals surface area contributed by atoms with Gasteiger partial charge in [0.15, 0.2) is 11.9 Å². The van der Waals surface area contributed by atoms with E-state index in [1.165, 1.54) is 12.7 Å². The Balaban J connectivity index is 1.54.